The van der Waals surface area contributed by atoms with Crippen LogP contribution in [-0.4, -0.2) is 8.32 Å². The molecule has 0 radical (unpaired) electrons. The Hall–Kier alpha value is -0.604. The second-order valence-electron chi connectivity index (χ2n) is 5.16. The predicted molar refractivity (Wildman–Crippen MR) is 76.9 cm³/mol. The molecule has 0 aromatic heterocycles. The van der Waals surface area contributed by atoms with Gasteiger partial charge >= 0.3 is 0 Å². The van der Waals surface area contributed by atoms with Gasteiger partial charge in [0.15, 0.2) is 8.32 Å². The topological polar surface area (TPSA) is 9.23 Å². The van der Waals surface area contributed by atoms with Gasteiger partial charge in [-0.05, 0) is 19.6 Å². The van der Waals surface area contributed by atoms with Gasteiger partial charge in [0.25, 0.3) is 0 Å². The van der Waals surface area contributed by atoms with Crippen molar-refractivity contribution in [3.05, 3.63) is 59.7 Å². The van der Waals surface area contributed by atoms with Crippen molar-refractivity contribution in [2.45, 2.75) is 33.2 Å². The minimum absolute atomic E-state index is 0. The molecule has 0 saturated heterocycles. The van der Waals surface area contributed by atoms with Crippen molar-refractivity contribution >= 4 is 8.32 Å². The van der Waals surface area contributed by atoms with Crippen molar-refractivity contribution in [3.8, 4) is 0 Å². The third-order valence-electron chi connectivity index (χ3n) is 2.23. The van der Waals surface area contributed by atoms with Crippen molar-refractivity contribution < 1.29 is 21.5 Å². The van der Waals surface area contributed by atoms with E-state index in [0.717, 1.165) is 6.61 Å². The molecule has 0 amide bonds. The molecule has 2 aromatic carbocycles. The molecule has 106 valence electrons. The van der Waals surface area contributed by atoms with Crippen molar-refractivity contribution in [1.82, 2.24) is 0 Å². The number of rotatable bonds is 3. The largest absolute Gasteiger partial charge is 0.747 e. The zero-order chi connectivity index (χ0) is 12.7. The maximum Gasteiger partial charge on any atom is 0.179 e. The molecule has 0 fully saturated rings. The molecule has 0 atom stereocenters. The van der Waals surface area contributed by atoms with E-state index in [1.54, 1.807) is 0 Å². The molecule has 0 aliphatic carbocycles. The van der Waals surface area contributed by atoms with E-state index in [0.29, 0.717) is 0 Å². The van der Waals surface area contributed by atoms with E-state index in [2.05, 4.69) is 50.8 Å². The fourth-order valence-electron chi connectivity index (χ4n) is 1.28. The number of hydrogen-bond donors (Lipinski definition) is 0. The monoisotopic (exact) mass is 302 g/mol. The number of hydrogen-bond acceptors (Lipinski definition) is 1. The van der Waals surface area contributed by atoms with Crippen LogP contribution >= 0.6 is 0 Å². The average Bonchev–Trinajstić information content (AvgIpc) is 2.86. The molecule has 0 N–H and O–H groups in total. The Bertz CT molecular complexity index is 385. The molecule has 0 saturated carbocycles. The Balaban J connectivity index is 0.000000352. The first-order chi connectivity index (χ1) is 7.97. The van der Waals surface area contributed by atoms with Gasteiger partial charge < -0.3 is 34.3 Å². The van der Waals surface area contributed by atoms with Gasteiger partial charge in [0, 0.05) is 17.1 Å². The zero-order valence-electron chi connectivity index (χ0n) is 11.6. The molecule has 1 nitrogen and oxygen atoms in total. The van der Waals surface area contributed by atoms with Gasteiger partial charge in [0.1, 0.15) is 0 Å². The summed E-state index contributed by atoms with van der Waals surface area (Å²) in [6.07, 6.45) is 0. The fraction of sp³-hybridized carbons (Fsp3) is 0.333. The van der Waals surface area contributed by atoms with E-state index in [1.165, 1.54) is 11.1 Å². The maximum absolute atomic E-state index is 5.71. The van der Waals surface area contributed by atoms with Crippen LogP contribution in [0, 0.1) is 6.92 Å². The number of aryl methyl sites for hydroxylation is 1. The van der Waals surface area contributed by atoms with Gasteiger partial charge in [0.2, 0.25) is 0 Å². The normalized spacial score (nSPS) is 10.2. The zero-order valence-corrected chi connectivity index (χ0v) is 13.7. The molecule has 3 heteroatoms. The summed E-state index contributed by atoms with van der Waals surface area (Å²) in [5.41, 5.74) is 2.63. The van der Waals surface area contributed by atoms with Crippen molar-refractivity contribution in [2.75, 3.05) is 0 Å². The van der Waals surface area contributed by atoms with Crippen molar-refractivity contribution in [3.63, 3.8) is 0 Å². The molecule has 0 heterocycles. The summed E-state index contributed by atoms with van der Waals surface area (Å²) in [5.74, 6) is 0. The van der Waals surface area contributed by atoms with E-state index in [4.69, 9.17) is 4.43 Å². The van der Waals surface area contributed by atoms with Crippen molar-refractivity contribution in [2.24, 2.45) is 0 Å². The molecule has 2 aromatic rings. The molecule has 18 heavy (non-hydrogen) atoms. The summed E-state index contributed by atoms with van der Waals surface area (Å²) >= 11 is 0. The summed E-state index contributed by atoms with van der Waals surface area (Å²) < 4.78 is 5.71. The minimum Gasteiger partial charge on any atom is -0.747 e. The van der Waals surface area contributed by atoms with Gasteiger partial charge in [-0.1, -0.05) is 6.92 Å². The summed E-state index contributed by atoms with van der Waals surface area (Å²) in [6, 6.07) is 16.5. The first kappa shape index (κ1) is 17.4. The van der Waals surface area contributed by atoms with Gasteiger partial charge in [-0.25, -0.2) is 12.1 Å². The van der Waals surface area contributed by atoms with Crippen LogP contribution < -0.4 is 0 Å². The van der Waals surface area contributed by atoms with Gasteiger partial charge in [-0.15, -0.1) is 6.61 Å². The smallest absolute Gasteiger partial charge is 0.179 e. The molecule has 0 bridgehead atoms. The van der Waals surface area contributed by atoms with Crippen LogP contribution in [0.4, 0.5) is 0 Å². The average molecular weight is 302 g/mol. The third-order valence-corrected chi connectivity index (χ3v) is 3.24. The second kappa shape index (κ2) is 8.49. The van der Waals surface area contributed by atoms with Crippen molar-refractivity contribution in [1.29, 1.82) is 0 Å². The standard InChI is InChI=1S/C9H15OSi.C6H7.Fe/c1-11(2,3)10-8-9-6-4-5-7-9;1-6-4-2-3-5-6;/h4-7H,8H2,1-3H3;2-5H,1H3;/q-5;-1;. The first-order valence-electron chi connectivity index (χ1n) is 6.00. The summed E-state index contributed by atoms with van der Waals surface area (Å²) in [5, 5.41) is 0. The van der Waals surface area contributed by atoms with E-state index < -0.39 is 8.32 Å². The van der Waals surface area contributed by atoms with Crippen LogP contribution in [0.15, 0.2) is 48.5 Å². The van der Waals surface area contributed by atoms with E-state index in [1.807, 2.05) is 24.3 Å². The van der Waals surface area contributed by atoms with Gasteiger partial charge in [-0.3, -0.25) is 0 Å². The SMILES string of the molecule is C[Si](C)(C)OC[c-]1[cH-][cH-][cH-][cH-]1.C[c-]1cccc1.[Fe]. The summed E-state index contributed by atoms with van der Waals surface area (Å²) in [4.78, 5) is 0. The molecular weight excluding hydrogens is 280 g/mol. The van der Waals surface area contributed by atoms with E-state index >= 15 is 0 Å². The Morgan fingerprint density at radius 3 is 1.89 bits per heavy atom. The predicted octanol–water partition coefficient (Wildman–Crippen LogP) is 4.47. The van der Waals surface area contributed by atoms with Crippen LogP contribution in [0.5, 0.6) is 0 Å². The van der Waals surface area contributed by atoms with Gasteiger partial charge in [0.05, 0.1) is 0 Å². The third kappa shape index (κ3) is 8.48. The molecule has 0 aliphatic heterocycles. The Labute approximate surface area is 123 Å². The molecule has 0 unspecified atom stereocenters. The molecule has 0 aliphatic rings. The second-order valence-corrected chi connectivity index (χ2v) is 9.67. The minimum atomic E-state index is -1.31. The summed E-state index contributed by atoms with van der Waals surface area (Å²) in [6.45, 7) is 9.48. The molecular formula is C15H22FeOSi-6. The van der Waals surface area contributed by atoms with E-state index in [9.17, 15) is 0 Å². The molecule has 2 rings (SSSR count). The first-order valence-corrected chi connectivity index (χ1v) is 9.41. The maximum atomic E-state index is 5.71. The summed E-state index contributed by atoms with van der Waals surface area (Å²) in [7, 11) is -1.31. The van der Waals surface area contributed by atoms with Crippen LogP contribution in [0.2, 0.25) is 19.6 Å². The van der Waals surface area contributed by atoms with E-state index in [-0.39, 0.29) is 17.1 Å². The van der Waals surface area contributed by atoms with Crippen LogP contribution in [-0.2, 0) is 28.1 Å². The Kier molecular flexibility index (Phi) is 8.21. The van der Waals surface area contributed by atoms with Crippen LogP contribution in [0.25, 0.3) is 0 Å². The Morgan fingerprint density at radius 2 is 1.56 bits per heavy atom. The quantitative estimate of drug-likeness (QED) is 0.600. The Morgan fingerprint density at radius 1 is 1.06 bits per heavy atom. The van der Waals surface area contributed by atoms with Crippen LogP contribution in [0.1, 0.15) is 11.1 Å². The fourth-order valence-corrected chi connectivity index (χ4v) is 1.88. The van der Waals surface area contributed by atoms with Gasteiger partial charge in [-0.2, -0.15) is 17.7 Å². The molecule has 0 spiro atoms. The van der Waals surface area contributed by atoms with Crippen LogP contribution in [0.3, 0.4) is 0 Å².